The Kier molecular flexibility index (Phi) is 4.98. The molecule has 118 valence electrons. The summed E-state index contributed by atoms with van der Waals surface area (Å²) in [5, 5.41) is 4.84. The Hall–Kier alpha value is -2.86. The molecule has 0 fully saturated rings. The fraction of sp³-hybridized carbons (Fsp3) is 0.0625. The van der Waals surface area contributed by atoms with E-state index < -0.39 is 17.7 Å². The number of nitrogens with one attached hydrogen (secondary N) is 2. The Labute approximate surface area is 137 Å². The number of carbonyl (C=O) groups excluding carboxylic acids is 3. The number of nitrogen functional groups attached to an aromatic ring is 1. The van der Waals surface area contributed by atoms with Crippen molar-refractivity contribution in [3.63, 3.8) is 0 Å². The van der Waals surface area contributed by atoms with Gasteiger partial charge in [0.15, 0.2) is 0 Å². The largest absolute Gasteiger partial charge is 0.399 e. The molecule has 0 spiro atoms. The fourth-order valence-corrected chi connectivity index (χ4v) is 1.95. The lowest BCUT2D eigenvalue weighted by Crippen LogP contribution is -2.39. The van der Waals surface area contributed by atoms with Crippen LogP contribution in [0.5, 0.6) is 0 Å². The zero-order chi connectivity index (χ0) is 17.0. The van der Waals surface area contributed by atoms with Gasteiger partial charge in [-0.15, -0.1) is 0 Å². The van der Waals surface area contributed by atoms with E-state index in [1.54, 1.807) is 19.1 Å². The van der Waals surface area contributed by atoms with Crippen molar-refractivity contribution in [2.75, 3.05) is 11.1 Å². The summed E-state index contributed by atoms with van der Waals surface area (Å²) in [7, 11) is 0. The van der Waals surface area contributed by atoms with E-state index in [0.717, 1.165) is 5.56 Å². The maximum absolute atomic E-state index is 11.9. The topological polar surface area (TPSA) is 101 Å². The van der Waals surface area contributed by atoms with Crippen molar-refractivity contribution in [3.8, 4) is 0 Å². The Morgan fingerprint density at radius 1 is 1.00 bits per heavy atom. The predicted molar refractivity (Wildman–Crippen MR) is 88.1 cm³/mol. The monoisotopic (exact) mass is 331 g/mol. The van der Waals surface area contributed by atoms with Crippen molar-refractivity contribution in [3.05, 3.63) is 58.6 Å². The van der Waals surface area contributed by atoms with Crippen LogP contribution in [0.4, 0.5) is 11.4 Å². The van der Waals surface area contributed by atoms with E-state index in [1.807, 2.05) is 5.32 Å². The average molecular weight is 332 g/mol. The molecule has 6 nitrogen and oxygen atoms in total. The molecule has 0 saturated heterocycles. The molecule has 0 aliphatic rings. The second-order valence-electron chi connectivity index (χ2n) is 4.82. The first-order chi connectivity index (χ1) is 10.9. The number of nitrogens with two attached hydrogens (primary N) is 1. The van der Waals surface area contributed by atoms with Gasteiger partial charge >= 0.3 is 11.8 Å². The van der Waals surface area contributed by atoms with E-state index in [-0.39, 0.29) is 5.56 Å². The van der Waals surface area contributed by atoms with Gasteiger partial charge in [0, 0.05) is 22.0 Å². The van der Waals surface area contributed by atoms with Gasteiger partial charge in [0.05, 0.1) is 0 Å². The van der Waals surface area contributed by atoms with E-state index in [9.17, 15) is 14.4 Å². The molecule has 7 heteroatoms. The van der Waals surface area contributed by atoms with Crippen LogP contribution in [0.15, 0.2) is 42.5 Å². The smallest absolute Gasteiger partial charge is 0.316 e. The highest BCUT2D eigenvalue weighted by Gasteiger charge is 2.18. The van der Waals surface area contributed by atoms with Gasteiger partial charge < -0.3 is 11.1 Å². The molecule has 0 aromatic heterocycles. The molecule has 0 saturated carbocycles. The fourth-order valence-electron chi connectivity index (χ4n) is 1.77. The normalized spacial score (nSPS) is 10.0. The molecule has 0 aliphatic heterocycles. The van der Waals surface area contributed by atoms with Crippen LogP contribution in [0.2, 0.25) is 5.02 Å². The van der Waals surface area contributed by atoms with E-state index in [4.69, 9.17) is 17.3 Å². The van der Waals surface area contributed by atoms with E-state index >= 15 is 0 Å². The molecule has 0 aliphatic carbocycles. The molecule has 0 radical (unpaired) electrons. The Morgan fingerprint density at radius 2 is 1.65 bits per heavy atom. The number of halogens is 1. The highest BCUT2D eigenvalue weighted by Crippen LogP contribution is 2.19. The first kappa shape index (κ1) is 16.5. The number of benzene rings is 2. The number of hydrogen-bond acceptors (Lipinski definition) is 4. The van der Waals surface area contributed by atoms with Gasteiger partial charge in [-0.1, -0.05) is 17.7 Å². The summed E-state index contributed by atoms with van der Waals surface area (Å²) in [6.45, 7) is 1.75. The quantitative estimate of drug-likeness (QED) is 0.579. The number of rotatable bonds is 2. The van der Waals surface area contributed by atoms with Gasteiger partial charge in [-0.3, -0.25) is 19.7 Å². The standard InChI is InChI=1S/C16H14ClN3O3/c1-9-2-5-11(17)8-13(9)19-15(22)16(23)20-14(21)10-3-6-12(18)7-4-10/h2-8H,18H2,1H3,(H,19,22)(H,20,21,23). The highest BCUT2D eigenvalue weighted by atomic mass is 35.5. The van der Waals surface area contributed by atoms with Crippen molar-refractivity contribution < 1.29 is 14.4 Å². The second-order valence-corrected chi connectivity index (χ2v) is 5.26. The Balaban J connectivity index is 2.02. The average Bonchev–Trinajstić information content (AvgIpc) is 2.51. The number of carbonyl (C=O) groups is 3. The summed E-state index contributed by atoms with van der Waals surface area (Å²) in [6, 6.07) is 10.8. The highest BCUT2D eigenvalue weighted by molar-refractivity contribution is 6.42. The summed E-state index contributed by atoms with van der Waals surface area (Å²) in [5.41, 5.74) is 7.36. The van der Waals surface area contributed by atoms with Crippen LogP contribution in [0.25, 0.3) is 0 Å². The first-order valence-electron chi connectivity index (χ1n) is 6.65. The van der Waals surface area contributed by atoms with Gasteiger partial charge in [0.1, 0.15) is 0 Å². The van der Waals surface area contributed by atoms with E-state index in [1.165, 1.54) is 30.3 Å². The summed E-state index contributed by atoms with van der Waals surface area (Å²) in [6.07, 6.45) is 0. The van der Waals surface area contributed by atoms with Crippen LogP contribution in [-0.2, 0) is 9.59 Å². The van der Waals surface area contributed by atoms with Crippen molar-refractivity contribution in [2.45, 2.75) is 6.92 Å². The van der Waals surface area contributed by atoms with Crippen LogP contribution in [0.3, 0.4) is 0 Å². The summed E-state index contributed by atoms with van der Waals surface area (Å²) in [5.74, 6) is -2.71. The molecule has 0 bridgehead atoms. The number of aryl methyl sites for hydroxylation is 1. The van der Waals surface area contributed by atoms with Gasteiger partial charge in [-0.05, 0) is 48.9 Å². The summed E-state index contributed by atoms with van der Waals surface area (Å²) < 4.78 is 0. The molecule has 3 amide bonds. The number of amides is 3. The minimum atomic E-state index is -1.06. The maximum Gasteiger partial charge on any atom is 0.316 e. The minimum Gasteiger partial charge on any atom is -0.399 e. The zero-order valence-corrected chi connectivity index (χ0v) is 13.0. The van der Waals surface area contributed by atoms with Crippen molar-refractivity contribution in [1.82, 2.24) is 5.32 Å². The Bertz CT molecular complexity index is 773. The molecule has 2 aromatic carbocycles. The molecule has 0 heterocycles. The van der Waals surface area contributed by atoms with Crippen LogP contribution in [0, 0.1) is 6.92 Å². The van der Waals surface area contributed by atoms with Gasteiger partial charge in [-0.2, -0.15) is 0 Å². The SMILES string of the molecule is Cc1ccc(Cl)cc1NC(=O)C(=O)NC(=O)c1ccc(N)cc1. The number of hydrogen-bond donors (Lipinski definition) is 3. The summed E-state index contributed by atoms with van der Waals surface area (Å²) in [4.78, 5) is 35.5. The van der Waals surface area contributed by atoms with Crippen molar-refractivity contribution in [2.24, 2.45) is 0 Å². The zero-order valence-electron chi connectivity index (χ0n) is 12.2. The lowest BCUT2D eigenvalue weighted by Gasteiger charge is -2.09. The first-order valence-corrected chi connectivity index (χ1v) is 7.03. The predicted octanol–water partition coefficient (Wildman–Crippen LogP) is 2.13. The van der Waals surface area contributed by atoms with Crippen LogP contribution in [-0.4, -0.2) is 17.7 Å². The molecular formula is C16H14ClN3O3. The van der Waals surface area contributed by atoms with Gasteiger partial charge in [0.25, 0.3) is 5.91 Å². The van der Waals surface area contributed by atoms with E-state index in [0.29, 0.717) is 16.4 Å². The van der Waals surface area contributed by atoms with Gasteiger partial charge in [-0.25, -0.2) is 0 Å². The third-order valence-corrected chi connectivity index (χ3v) is 3.29. The second kappa shape index (κ2) is 6.93. The molecule has 0 atom stereocenters. The molecular weight excluding hydrogens is 318 g/mol. The molecule has 0 unspecified atom stereocenters. The molecule has 23 heavy (non-hydrogen) atoms. The minimum absolute atomic E-state index is 0.222. The molecule has 2 rings (SSSR count). The van der Waals surface area contributed by atoms with Crippen molar-refractivity contribution in [1.29, 1.82) is 0 Å². The maximum atomic E-state index is 11.9. The lowest BCUT2D eigenvalue weighted by molar-refractivity contribution is -0.135. The molecule has 2 aromatic rings. The third-order valence-electron chi connectivity index (χ3n) is 3.05. The van der Waals surface area contributed by atoms with Crippen LogP contribution >= 0.6 is 11.6 Å². The summed E-state index contributed by atoms with van der Waals surface area (Å²) >= 11 is 5.84. The lowest BCUT2D eigenvalue weighted by atomic mass is 10.2. The number of imide groups is 1. The van der Waals surface area contributed by atoms with Crippen LogP contribution in [0.1, 0.15) is 15.9 Å². The third kappa shape index (κ3) is 4.31. The van der Waals surface area contributed by atoms with Gasteiger partial charge in [0.2, 0.25) is 0 Å². The van der Waals surface area contributed by atoms with Crippen LogP contribution < -0.4 is 16.4 Å². The van der Waals surface area contributed by atoms with E-state index in [2.05, 4.69) is 5.32 Å². The Morgan fingerprint density at radius 3 is 2.30 bits per heavy atom. The molecule has 4 N–H and O–H groups in total. The van der Waals surface area contributed by atoms with Crippen molar-refractivity contribution >= 4 is 40.7 Å². The number of anilines is 2.